The summed E-state index contributed by atoms with van der Waals surface area (Å²) in [6.45, 7) is 4.47. The van der Waals surface area contributed by atoms with Crippen LogP contribution in [0.4, 0.5) is 0 Å². The Balaban J connectivity index is 0.000000360. The average Bonchev–Trinajstić information content (AvgIpc) is 3.12. The first kappa shape index (κ1) is 46.7. The summed E-state index contributed by atoms with van der Waals surface area (Å²) >= 11 is 0. The van der Waals surface area contributed by atoms with Crippen LogP contribution in [0.25, 0.3) is 0 Å². The van der Waals surface area contributed by atoms with Crippen molar-refractivity contribution in [3.63, 3.8) is 0 Å². The molecule has 0 spiro atoms. The minimum Gasteiger partial charge on any atom is -0.744 e. The summed E-state index contributed by atoms with van der Waals surface area (Å²) < 4.78 is 76.9. The molecule has 4 rings (SSSR count). The van der Waals surface area contributed by atoms with Crippen molar-refractivity contribution in [2.45, 2.75) is 126 Å². The quantitative estimate of drug-likeness (QED) is 0.0436. The third kappa shape index (κ3) is 19.6. The van der Waals surface area contributed by atoms with E-state index in [0.29, 0.717) is 23.0 Å². The van der Waals surface area contributed by atoms with Gasteiger partial charge in [-0.2, -0.15) is 0 Å². The van der Waals surface area contributed by atoms with Crippen molar-refractivity contribution < 1.29 is 35.4 Å². The summed E-state index contributed by atoms with van der Waals surface area (Å²) in [5.41, 5.74) is 2.58. The van der Waals surface area contributed by atoms with Crippen molar-refractivity contribution in [1.29, 1.82) is 0 Å². The molecule has 4 aromatic rings. The molecule has 0 amide bonds. The number of hydrogen-bond acceptors (Lipinski definition) is 8. The third-order valence-electron chi connectivity index (χ3n) is 8.68. The maximum Gasteiger partial charge on any atom is 2.00 e. The number of ether oxygens (including phenoxy) is 2. The number of aryl methyl sites for hydroxylation is 2. The predicted octanol–water partition coefficient (Wildman–Crippen LogP) is 11.0. The van der Waals surface area contributed by atoms with Crippen molar-refractivity contribution in [2.75, 3.05) is 0 Å². The Kier molecular flexibility index (Phi) is 22.6. The van der Waals surface area contributed by atoms with E-state index in [-0.39, 0.29) is 47.5 Å². The van der Waals surface area contributed by atoms with Crippen LogP contribution in [-0.2, 0) is 33.1 Å². The van der Waals surface area contributed by atoms with Crippen molar-refractivity contribution in [2.24, 2.45) is 0 Å². The van der Waals surface area contributed by atoms with Crippen LogP contribution < -0.4 is 9.47 Å². The number of unbranched alkanes of at least 4 members (excludes halogenated alkanes) is 12. The fourth-order valence-corrected chi connectivity index (χ4v) is 6.58. The number of rotatable bonds is 22. The second kappa shape index (κ2) is 25.6. The Morgan fingerprint density at radius 2 is 0.642 bits per heavy atom. The van der Waals surface area contributed by atoms with Crippen LogP contribution >= 0.6 is 0 Å². The van der Waals surface area contributed by atoms with Gasteiger partial charge in [-0.05, 0) is 110 Å². The van der Waals surface area contributed by atoms with Crippen LogP contribution in [0, 0.1) is 0 Å². The molecule has 0 aliphatic rings. The van der Waals surface area contributed by atoms with Crippen molar-refractivity contribution in [3.8, 4) is 23.0 Å². The summed E-state index contributed by atoms with van der Waals surface area (Å²) in [6.07, 6.45) is 20.4. The van der Waals surface area contributed by atoms with Gasteiger partial charge in [-0.3, -0.25) is 0 Å². The molecule has 284 valence electrons. The van der Waals surface area contributed by atoms with Gasteiger partial charge in [0.2, 0.25) is 0 Å². The Hall–Kier alpha value is -2.44. The molecule has 0 saturated heterocycles. The fourth-order valence-electron chi connectivity index (χ4n) is 5.64. The van der Waals surface area contributed by atoms with E-state index in [1.807, 2.05) is 24.3 Å². The summed E-state index contributed by atoms with van der Waals surface area (Å²) in [5.74, 6) is 2.37. The Morgan fingerprint density at radius 1 is 0.396 bits per heavy atom. The van der Waals surface area contributed by atoms with E-state index >= 15 is 0 Å². The zero-order valence-electron chi connectivity index (χ0n) is 31.3. The molecule has 0 heterocycles. The first-order chi connectivity index (χ1) is 25.0. The molecule has 0 aliphatic heterocycles. The van der Waals surface area contributed by atoms with Crippen molar-refractivity contribution >= 4 is 58.0 Å². The molecule has 53 heavy (non-hydrogen) atoms. The van der Waals surface area contributed by atoms with Gasteiger partial charge in [0.25, 0.3) is 0 Å². The Morgan fingerprint density at radius 3 is 0.906 bits per heavy atom. The van der Waals surface area contributed by atoms with E-state index in [0.717, 1.165) is 12.8 Å². The molecule has 0 saturated carbocycles. The maximum absolute atomic E-state index is 10.9. The average molecular weight is 791 g/mol. The van der Waals surface area contributed by atoms with Gasteiger partial charge in [-0.15, -0.1) is 0 Å². The summed E-state index contributed by atoms with van der Waals surface area (Å²) in [4.78, 5) is -0.509. The van der Waals surface area contributed by atoms with Gasteiger partial charge in [0.15, 0.2) is 0 Å². The molecule has 0 atom stereocenters. The molecule has 4 aromatic carbocycles. The normalized spacial score (nSPS) is 11.2. The molecular weight excluding hydrogens is 737 g/mol. The first-order valence-electron chi connectivity index (χ1n) is 18.6. The van der Waals surface area contributed by atoms with Gasteiger partial charge in [-0.25, -0.2) is 16.8 Å². The fraction of sp³-hybridized carbons (Fsp3) is 0.429. The molecule has 8 nitrogen and oxygen atoms in total. The van der Waals surface area contributed by atoms with E-state index in [4.69, 9.17) is 9.47 Å². The molecule has 0 radical (unpaired) electrons. The zero-order valence-corrected chi connectivity index (χ0v) is 35.2. The van der Waals surface area contributed by atoms with E-state index < -0.39 is 20.2 Å². The monoisotopic (exact) mass is 790 g/mol. The van der Waals surface area contributed by atoms with Crippen LogP contribution in [0.15, 0.2) is 107 Å². The van der Waals surface area contributed by atoms with Gasteiger partial charge in [0.1, 0.15) is 43.2 Å². The number of benzene rings is 4. The van der Waals surface area contributed by atoms with Crippen LogP contribution in [-0.4, -0.2) is 63.7 Å². The van der Waals surface area contributed by atoms with Gasteiger partial charge in [0, 0.05) is 0 Å². The van der Waals surface area contributed by atoms with Crippen LogP contribution in [0.1, 0.15) is 115 Å². The Bertz CT molecular complexity index is 1640. The van der Waals surface area contributed by atoms with Crippen LogP contribution in [0.5, 0.6) is 23.0 Å². The molecule has 0 N–H and O–H groups in total. The van der Waals surface area contributed by atoms with Crippen LogP contribution in [0.2, 0.25) is 0 Å². The maximum atomic E-state index is 10.9. The molecule has 0 unspecified atom stereocenters. The standard InChI is InChI=1S/2C21H28O4S.Ca/c2*1-2-3-4-5-6-7-8-9-18-10-12-19(13-11-18)25-20-14-16-21(17-15-20)26(22,23)24;/h2*10-17H,2-9H2,1H3,(H,22,23,24);/q;;+2/p-2. The second-order valence-electron chi connectivity index (χ2n) is 13.1. The van der Waals surface area contributed by atoms with Gasteiger partial charge in [0.05, 0.1) is 9.79 Å². The van der Waals surface area contributed by atoms with Crippen molar-refractivity contribution in [3.05, 3.63) is 108 Å². The van der Waals surface area contributed by atoms with Crippen molar-refractivity contribution in [1.82, 2.24) is 0 Å². The molecule has 0 fully saturated rings. The van der Waals surface area contributed by atoms with E-state index in [1.165, 1.54) is 150 Å². The molecule has 11 heteroatoms. The smallest absolute Gasteiger partial charge is 0.744 e. The minimum absolute atomic E-state index is 0. The SMILES string of the molecule is CCCCCCCCCc1ccc(Oc2ccc(S(=O)(=O)[O-])cc2)cc1.CCCCCCCCCc1ccc(Oc2ccc(S(=O)(=O)[O-])cc2)cc1.[Ca+2]. The predicted molar refractivity (Wildman–Crippen MR) is 211 cm³/mol. The van der Waals surface area contributed by atoms with Gasteiger partial charge >= 0.3 is 37.7 Å². The summed E-state index contributed by atoms with van der Waals surface area (Å²) in [7, 11) is -8.84. The van der Waals surface area contributed by atoms with Crippen LogP contribution in [0.3, 0.4) is 0 Å². The molecule has 0 bridgehead atoms. The summed E-state index contributed by atoms with van der Waals surface area (Å²) in [5, 5.41) is 0. The topological polar surface area (TPSA) is 133 Å². The zero-order chi connectivity index (χ0) is 37.7. The third-order valence-corrected chi connectivity index (χ3v) is 10.4. The molecule has 0 aliphatic carbocycles. The first-order valence-corrected chi connectivity index (χ1v) is 21.4. The number of hydrogen-bond donors (Lipinski definition) is 0. The summed E-state index contributed by atoms with van der Waals surface area (Å²) in [6, 6.07) is 26.8. The van der Waals surface area contributed by atoms with Gasteiger partial charge < -0.3 is 18.6 Å². The minimum atomic E-state index is -4.42. The molecule has 0 aromatic heterocycles. The van der Waals surface area contributed by atoms with E-state index in [2.05, 4.69) is 38.1 Å². The Labute approximate surface area is 348 Å². The largest absolute Gasteiger partial charge is 2.00 e. The van der Waals surface area contributed by atoms with E-state index in [1.54, 1.807) is 0 Å². The molecular formula is C42H54CaO8S2. The second-order valence-corrected chi connectivity index (χ2v) is 15.8. The van der Waals surface area contributed by atoms with Gasteiger partial charge in [-0.1, -0.05) is 115 Å². The van der Waals surface area contributed by atoms with E-state index in [9.17, 15) is 25.9 Å².